The van der Waals surface area contributed by atoms with E-state index in [4.69, 9.17) is 0 Å². The number of halogens is 2. The molecule has 0 aliphatic carbocycles. The molecule has 1 atom stereocenters. The van der Waals surface area contributed by atoms with Crippen LogP contribution >= 0.6 is 11.3 Å². The van der Waals surface area contributed by atoms with Crippen molar-refractivity contribution in [2.75, 3.05) is 0 Å². The highest BCUT2D eigenvalue weighted by Crippen LogP contribution is 2.20. The lowest BCUT2D eigenvalue weighted by atomic mass is 10.0. The summed E-state index contributed by atoms with van der Waals surface area (Å²) in [4.78, 5) is 5.40. The topological polar surface area (TPSA) is 33.1 Å². The molecule has 19 heavy (non-hydrogen) atoms. The van der Waals surface area contributed by atoms with E-state index < -0.39 is 17.7 Å². The molecular weight excluding hydrogens is 268 g/mol. The molecule has 1 N–H and O–H groups in total. The van der Waals surface area contributed by atoms with E-state index in [0.29, 0.717) is 6.42 Å². The third-order valence-corrected chi connectivity index (χ3v) is 4.08. The van der Waals surface area contributed by atoms with E-state index in [2.05, 4.69) is 4.98 Å². The molecule has 1 unspecified atom stereocenters. The van der Waals surface area contributed by atoms with Gasteiger partial charge in [0.1, 0.15) is 11.6 Å². The van der Waals surface area contributed by atoms with Crippen LogP contribution in [-0.2, 0) is 12.8 Å². The van der Waals surface area contributed by atoms with Crippen molar-refractivity contribution in [3.05, 3.63) is 51.0 Å². The van der Waals surface area contributed by atoms with Crippen LogP contribution in [0.25, 0.3) is 0 Å². The zero-order valence-corrected chi connectivity index (χ0v) is 11.6. The highest BCUT2D eigenvalue weighted by Gasteiger charge is 2.16. The first kappa shape index (κ1) is 14.1. The van der Waals surface area contributed by atoms with Crippen LogP contribution in [-0.4, -0.2) is 16.2 Å². The van der Waals surface area contributed by atoms with Gasteiger partial charge in [0.05, 0.1) is 16.8 Å². The molecule has 1 aromatic carbocycles. The van der Waals surface area contributed by atoms with E-state index in [1.54, 1.807) is 0 Å². The lowest BCUT2D eigenvalue weighted by Gasteiger charge is -2.10. The van der Waals surface area contributed by atoms with E-state index in [1.165, 1.54) is 29.5 Å². The van der Waals surface area contributed by atoms with Crippen molar-refractivity contribution in [2.45, 2.75) is 32.8 Å². The maximum atomic E-state index is 13.5. The van der Waals surface area contributed by atoms with Crippen LogP contribution in [0, 0.1) is 25.5 Å². The Hall–Kier alpha value is -1.33. The molecule has 0 radical (unpaired) electrons. The lowest BCUT2D eigenvalue weighted by Crippen LogP contribution is -2.16. The molecule has 1 heterocycles. The smallest absolute Gasteiger partial charge is 0.129 e. The Kier molecular flexibility index (Phi) is 4.27. The third kappa shape index (κ3) is 3.36. The van der Waals surface area contributed by atoms with Crippen LogP contribution in [0.3, 0.4) is 0 Å². The van der Waals surface area contributed by atoms with Gasteiger partial charge in [0, 0.05) is 23.3 Å². The summed E-state index contributed by atoms with van der Waals surface area (Å²) in [5, 5.41) is 10.7. The standard InChI is InChI=1S/C14H15F2NOS/c1-8-9(2)19-14(17-8)7-10(18)6-11-12(15)4-3-5-13(11)16/h3-5,10,18H,6-7H2,1-2H3. The van der Waals surface area contributed by atoms with Crippen molar-refractivity contribution in [3.63, 3.8) is 0 Å². The number of aryl methyl sites for hydroxylation is 2. The molecule has 0 amide bonds. The molecule has 2 aromatic rings. The van der Waals surface area contributed by atoms with E-state index in [9.17, 15) is 13.9 Å². The summed E-state index contributed by atoms with van der Waals surface area (Å²) in [6.07, 6.45) is -0.570. The second-order valence-electron chi connectivity index (χ2n) is 4.51. The molecule has 0 aliphatic heterocycles. The molecule has 2 rings (SSSR count). The van der Waals surface area contributed by atoms with Crippen molar-refractivity contribution >= 4 is 11.3 Å². The fourth-order valence-electron chi connectivity index (χ4n) is 1.86. The van der Waals surface area contributed by atoms with Crippen LogP contribution in [0.4, 0.5) is 8.78 Å². The van der Waals surface area contributed by atoms with Gasteiger partial charge in [-0.05, 0) is 26.0 Å². The Bertz CT molecular complexity index is 543. The maximum Gasteiger partial charge on any atom is 0.129 e. The molecule has 2 nitrogen and oxygen atoms in total. The average molecular weight is 283 g/mol. The first-order valence-corrected chi connectivity index (χ1v) is 6.83. The van der Waals surface area contributed by atoms with Crippen LogP contribution in [0.2, 0.25) is 0 Å². The quantitative estimate of drug-likeness (QED) is 0.935. The largest absolute Gasteiger partial charge is 0.392 e. The van der Waals surface area contributed by atoms with Crippen molar-refractivity contribution in [2.24, 2.45) is 0 Å². The van der Waals surface area contributed by atoms with E-state index in [-0.39, 0.29) is 12.0 Å². The Labute approximate surface area is 114 Å². The van der Waals surface area contributed by atoms with E-state index in [0.717, 1.165) is 15.6 Å². The number of hydrogen-bond donors (Lipinski definition) is 1. The number of aliphatic hydroxyl groups is 1. The normalized spacial score (nSPS) is 12.7. The first-order chi connectivity index (χ1) is 8.97. The molecule has 102 valence electrons. The summed E-state index contributed by atoms with van der Waals surface area (Å²) in [7, 11) is 0. The van der Waals surface area contributed by atoms with Crippen molar-refractivity contribution < 1.29 is 13.9 Å². The number of thiazole rings is 1. The van der Waals surface area contributed by atoms with Gasteiger partial charge in [-0.2, -0.15) is 0 Å². The maximum absolute atomic E-state index is 13.5. The monoisotopic (exact) mass is 283 g/mol. The first-order valence-electron chi connectivity index (χ1n) is 6.01. The van der Waals surface area contributed by atoms with Crippen LogP contribution in [0.1, 0.15) is 21.1 Å². The van der Waals surface area contributed by atoms with Crippen molar-refractivity contribution in [3.8, 4) is 0 Å². The summed E-state index contributed by atoms with van der Waals surface area (Å²) in [5.74, 6) is -1.24. The SMILES string of the molecule is Cc1nc(CC(O)Cc2c(F)cccc2F)sc1C. The molecule has 0 bridgehead atoms. The zero-order valence-electron chi connectivity index (χ0n) is 10.8. The number of nitrogens with zero attached hydrogens (tertiary/aromatic N) is 1. The molecule has 0 fully saturated rings. The van der Waals surface area contributed by atoms with Gasteiger partial charge < -0.3 is 5.11 Å². The molecule has 0 saturated heterocycles. The van der Waals surface area contributed by atoms with Crippen molar-refractivity contribution in [1.29, 1.82) is 0 Å². The minimum Gasteiger partial charge on any atom is -0.392 e. The van der Waals surface area contributed by atoms with E-state index >= 15 is 0 Å². The van der Waals surface area contributed by atoms with Crippen LogP contribution < -0.4 is 0 Å². The minimum atomic E-state index is -0.837. The minimum absolute atomic E-state index is 0.0455. The Morgan fingerprint density at radius 3 is 2.37 bits per heavy atom. The van der Waals surface area contributed by atoms with Gasteiger partial charge >= 0.3 is 0 Å². The molecule has 0 aliphatic rings. The number of aliphatic hydroxyl groups excluding tert-OH is 1. The van der Waals surface area contributed by atoms with Gasteiger partial charge in [-0.3, -0.25) is 0 Å². The number of benzene rings is 1. The second kappa shape index (κ2) is 5.75. The second-order valence-corrected chi connectivity index (χ2v) is 5.80. The van der Waals surface area contributed by atoms with Gasteiger partial charge in [-0.25, -0.2) is 13.8 Å². The zero-order chi connectivity index (χ0) is 14.0. The lowest BCUT2D eigenvalue weighted by molar-refractivity contribution is 0.172. The molecule has 0 spiro atoms. The Morgan fingerprint density at radius 2 is 1.84 bits per heavy atom. The number of rotatable bonds is 4. The average Bonchev–Trinajstić information content (AvgIpc) is 2.63. The van der Waals surface area contributed by atoms with Gasteiger partial charge in [0.25, 0.3) is 0 Å². The summed E-state index contributed by atoms with van der Waals surface area (Å²) in [5.41, 5.74) is 0.865. The van der Waals surface area contributed by atoms with E-state index in [1.807, 2.05) is 13.8 Å². The molecular formula is C14H15F2NOS. The summed E-state index contributed by atoms with van der Waals surface area (Å²) in [6.45, 7) is 3.86. The predicted octanol–water partition coefficient (Wildman–Crippen LogP) is 3.18. The van der Waals surface area contributed by atoms with Crippen LogP contribution in [0.5, 0.6) is 0 Å². The molecule has 5 heteroatoms. The fourth-order valence-corrected chi connectivity index (χ4v) is 2.87. The number of hydrogen-bond acceptors (Lipinski definition) is 3. The fraction of sp³-hybridized carbons (Fsp3) is 0.357. The summed E-state index contributed by atoms with van der Waals surface area (Å²) >= 11 is 1.50. The van der Waals surface area contributed by atoms with Crippen molar-refractivity contribution in [1.82, 2.24) is 4.98 Å². The van der Waals surface area contributed by atoms with Gasteiger partial charge in [0.15, 0.2) is 0 Å². The Balaban J connectivity index is 2.07. The van der Waals surface area contributed by atoms with Gasteiger partial charge in [-0.1, -0.05) is 6.07 Å². The highest BCUT2D eigenvalue weighted by molar-refractivity contribution is 7.11. The molecule has 0 saturated carbocycles. The van der Waals surface area contributed by atoms with Gasteiger partial charge in [0.2, 0.25) is 0 Å². The number of aromatic nitrogens is 1. The van der Waals surface area contributed by atoms with Crippen LogP contribution in [0.15, 0.2) is 18.2 Å². The third-order valence-electron chi connectivity index (χ3n) is 2.98. The molecule has 1 aromatic heterocycles. The highest BCUT2D eigenvalue weighted by atomic mass is 32.1. The predicted molar refractivity (Wildman–Crippen MR) is 71.4 cm³/mol. The Morgan fingerprint density at radius 1 is 1.21 bits per heavy atom. The summed E-state index contributed by atoms with van der Waals surface area (Å²) < 4.78 is 26.9. The summed E-state index contributed by atoms with van der Waals surface area (Å²) in [6, 6.07) is 3.71. The van der Waals surface area contributed by atoms with Gasteiger partial charge in [-0.15, -0.1) is 11.3 Å².